The van der Waals surface area contributed by atoms with E-state index in [1.807, 2.05) is 36.4 Å². The first-order valence-corrected chi connectivity index (χ1v) is 7.78. The first-order valence-electron chi connectivity index (χ1n) is 6.80. The Bertz CT molecular complexity index is 793. The van der Waals surface area contributed by atoms with Gasteiger partial charge in [0.2, 0.25) is 0 Å². The molecule has 0 unspecified atom stereocenters. The molecule has 0 fully saturated rings. The number of aromatic nitrogens is 1. The van der Waals surface area contributed by atoms with Crippen LogP contribution in [0.15, 0.2) is 65.8 Å². The molecule has 0 saturated heterocycles. The summed E-state index contributed by atoms with van der Waals surface area (Å²) in [7, 11) is 0. The predicted molar refractivity (Wildman–Crippen MR) is 88.0 cm³/mol. The fraction of sp³-hybridized carbons (Fsp3) is 0.111. The van der Waals surface area contributed by atoms with Gasteiger partial charge in [0.1, 0.15) is 0 Å². The normalized spacial score (nSPS) is 10.7. The molecule has 2 aromatic carbocycles. The number of ketones is 1. The maximum Gasteiger partial charge on any atom is 0.173 e. The minimum absolute atomic E-state index is 0.141. The van der Waals surface area contributed by atoms with Gasteiger partial charge in [0.25, 0.3) is 0 Å². The van der Waals surface area contributed by atoms with Crippen LogP contribution in [0, 0.1) is 6.92 Å². The minimum atomic E-state index is 0.141. The lowest BCUT2D eigenvalue weighted by Gasteiger charge is -2.07. The number of benzene rings is 2. The van der Waals surface area contributed by atoms with Gasteiger partial charge in [0.15, 0.2) is 5.78 Å². The van der Waals surface area contributed by atoms with Gasteiger partial charge in [-0.3, -0.25) is 9.78 Å². The van der Waals surface area contributed by atoms with Crippen molar-refractivity contribution in [3.63, 3.8) is 0 Å². The number of pyridine rings is 1. The Kier molecular flexibility index (Phi) is 4.02. The highest BCUT2D eigenvalue weighted by Crippen LogP contribution is 2.24. The van der Waals surface area contributed by atoms with Gasteiger partial charge in [-0.15, -0.1) is 11.8 Å². The second-order valence-corrected chi connectivity index (χ2v) is 5.90. The lowest BCUT2D eigenvalue weighted by molar-refractivity contribution is 0.102. The van der Waals surface area contributed by atoms with Crippen LogP contribution in [-0.2, 0) is 0 Å². The van der Waals surface area contributed by atoms with E-state index in [9.17, 15) is 4.79 Å². The van der Waals surface area contributed by atoms with E-state index in [4.69, 9.17) is 0 Å². The molecule has 0 radical (unpaired) electrons. The Hall–Kier alpha value is -2.13. The van der Waals surface area contributed by atoms with Gasteiger partial charge in [-0.25, -0.2) is 0 Å². The zero-order chi connectivity index (χ0) is 14.7. The van der Waals surface area contributed by atoms with Crippen molar-refractivity contribution in [1.29, 1.82) is 0 Å². The number of rotatable bonds is 4. The second kappa shape index (κ2) is 6.10. The van der Waals surface area contributed by atoms with Crippen LogP contribution >= 0.6 is 11.8 Å². The molecule has 3 rings (SSSR count). The lowest BCUT2D eigenvalue weighted by Crippen LogP contribution is -2.03. The summed E-state index contributed by atoms with van der Waals surface area (Å²) in [6.45, 7) is 2.06. The largest absolute Gasteiger partial charge is 0.293 e. The van der Waals surface area contributed by atoms with Crippen molar-refractivity contribution in [3.05, 3.63) is 72.1 Å². The third-order valence-corrected chi connectivity index (χ3v) is 4.61. The third kappa shape index (κ3) is 2.98. The molecule has 0 aliphatic rings. The smallest absolute Gasteiger partial charge is 0.173 e. The summed E-state index contributed by atoms with van der Waals surface area (Å²) in [6, 6.07) is 15.9. The van der Waals surface area contributed by atoms with Gasteiger partial charge in [0.05, 0.1) is 5.75 Å². The highest BCUT2D eigenvalue weighted by atomic mass is 32.2. The lowest BCUT2D eigenvalue weighted by atomic mass is 10.0. The first-order chi connectivity index (χ1) is 10.3. The summed E-state index contributed by atoms with van der Waals surface area (Å²) in [4.78, 5) is 17.8. The zero-order valence-corrected chi connectivity index (χ0v) is 12.6. The van der Waals surface area contributed by atoms with Gasteiger partial charge in [-0.2, -0.15) is 0 Å². The standard InChI is InChI=1S/C18H15NOS/c1-13-5-2-3-8-18(13)21-12-17(20)15-7-4-6-14-9-10-19-11-16(14)15/h2-11H,12H2,1H3. The number of fused-ring (bicyclic) bond motifs is 1. The summed E-state index contributed by atoms with van der Waals surface area (Å²) in [5.74, 6) is 0.584. The van der Waals surface area contributed by atoms with Crippen LogP contribution in [0.25, 0.3) is 10.8 Å². The fourth-order valence-electron chi connectivity index (χ4n) is 2.30. The van der Waals surface area contributed by atoms with Gasteiger partial charge in [-0.05, 0) is 30.0 Å². The molecule has 1 heterocycles. The summed E-state index contributed by atoms with van der Waals surface area (Å²) >= 11 is 1.59. The van der Waals surface area contributed by atoms with Crippen LogP contribution in [0.2, 0.25) is 0 Å². The van der Waals surface area contributed by atoms with E-state index in [0.29, 0.717) is 5.75 Å². The number of aryl methyl sites for hydroxylation is 1. The number of Topliss-reactive ketones (excluding diaryl/α,β-unsaturated/α-hetero) is 1. The van der Waals surface area contributed by atoms with Crippen molar-refractivity contribution in [3.8, 4) is 0 Å². The van der Waals surface area contributed by atoms with Gasteiger partial charge in [-0.1, -0.05) is 36.4 Å². The number of carbonyl (C=O) groups excluding carboxylic acids is 1. The van der Waals surface area contributed by atoms with Crippen LogP contribution in [0.3, 0.4) is 0 Å². The van der Waals surface area contributed by atoms with E-state index in [1.54, 1.807) is 24.2 Å². The fourth-order valence-corrected chi connectivity index (χ4v) is 3.21. The molecule has 0 N–H and O–H groups in total. The van der Waals surface area contributed by atoms with Gasteiger partial charge in [0, 0.05) is 28.2 Å². The van der Waals surface area contributed by atoms with Crippen molar-refractivity contribution in [2.24, 2.45) is 0 Å². The van der Waals surface area contributed by atoms with Crippen LogP contribution in [0.5, 0.6) is 0 Å². The molecule has 1 aromatic heterocycles. The van der Waals surface area contributed by atoms with E-state index in [2.05, 4.69) is 24.0 Å². The summed E-state index contributed by atoms with van der Waals surface area (Å²) in [5.41, 5.74) is 1.96. The highest BCUT2D eigenvalue weighted by Gasteiger charge is 2.11. The third-order valence-electron chi connectivity index (χ3n) is 3.44. The summed E-state index contributed by atoms with van der Waals surface area (Å²) in [6.07, 6.45) is 3.51. The SMILES string of the molecule is Cc1ccccc1SCC(=O)c1cccc2ccncc12. The molecule has 0 aliphatic heterocycles. The van der Waals surface area contributed by atoms with Crippen LogP contribution in [0.1, 0.15) is 15.9 Å². The van der Waals surface area contributed by atoms with Gasteiger partial charge < -0.3 is 0 Å². The monoisotopic (exact) mass is 293 g/mol. The van der Waals surface area contributed by atoms with Gasteiger partial charge >= 0.3 is 0 Å². The summed E-state index contributed by atoms with van der Waals surface area (Å²) in [5, 5.41) is 1.98. The molecule has 0 amide bonds. The van der Waals surface area contributed by atoms with E-state index < -0.39 is 0 Å². The zero-order valence-electron chi connectivity index (χ0n) is 11.7. The predicted octanol–water partition coefficient (Wildman–Crippen LogP) is 4.52. The number of hydrogen-bond donors (Lipinski definition) is 0. The molecule has 0 atom stereocenters. The maximum absolute atomic E-state index is 12.5. The van der Waals surface area contributed by atoms with Crippen molar-refractivity contribution < 1.29 is 4.79 Å². The molecule has 104 valence electrons. The number of hydrogen-bond acceptors (Lipinski definition) is 3. The molecule has 3 heteroatoms. The van der Waals surface area contributed by atoms with E-state index in [-0.39, 0.29) is 5.78 Å². The Morgan fingerprint density at radius 3 is 2.81 bits per heavy atom. The Morgan fingerprint density at radius 2 is 1.95 bits per heavy atom. The average Bonchev–Trinajstić information content (AvgIpc) is 2.53. The van der Waals surface area contributed by atoms with Crippen LogP contribution < -0.4 is 0 Å². The molecular weight excluding hydrogens is 278 g/mol. The molecule has 21 heavy (non-hydrogen) atoms. The quantitative estimate of drug-likeness (QED) is 0.523. The molecule has 3 aromatic rings. The molecular formula is C18H15NOS. The maximum atomic E-state index is 12.5. The van der Waals surface area contributed by atoms with Crippen LogP contribution in [0.4, 0.5) is 0 Å². The average molecular weight is 293 g/mol. The molecule has 2 nitrogen and oxygen atoms in total. The Balaban J connectivity index is 1.83. The molecule has 0 bridgehead atoms. The van der Waals surface area contributed by atoms with Crippen molar-refractivity contribution in [1.82, 2.24) is 4.98 Å². The number of carbonyl (C=O) groups is 1. The topological polar surface area (TPSA) is 30.0 Å². The van der Waals surface area contributed by atoms with E-state index in [0.717, 1.165) is 21.2 Å². The van der Waals surface area contributed by atoms with Crippen molar-refractivity contribution in [2.75, 3.05) is 5.75 Å². The molecule has 0 spiro atoms. The molecule has 0 saturated carbocycles. The Morgan fingerprint density at radius 1 is 1.10 bits per heavy atom. The minimum Gasteiger partial charge on any atom is -0.293 e. The van der Waals surface area contributed by atoms with E-state index in [1.165, 1.54) is 5.56 Å². The Labute approximate surface area is 128 Å². The second-order valence-electron chi connectivity index (χ2n) is 4.88. The highest BCUT2D eigenvalue weighted by molar-refractivity contribution is 8.00. The van der Waals surface area contributed by atoms with Crippen molar-refractivity contribution in [2.45, 2.75) is 11.8 Å². The van der Waals surface area contributed by atoms with Crippen molar-refractivity contribution >= 4 is 28.3 Å². The van der Waals surface area contributed by atoms with Crippen LogP contribution in [-0.4, -0.2) is 16.5 Å². The first kappa shape index (κ1) is 13.8. The number of nitrogens with zero attached hydrogens (tertiary/aromatic N) is 1. The molecule has 0 aliphatic carbocycles. The number of thioether (sulfide) groups is 1. The van der Waals surface area contributed by atoms with E-state index >= 15 is 0 Å². The summed E-state index contributed by atoms with van der Waals surface area (Å²) < 4.78 is 0.